The molecule has 0 bridgehead atoms. The van der Waals surface area contributed by atoms with E-state index in [-0.39, 0.29) is 0 Å². The molecule has 0 aromatic heterocycles. The molecule has 10 heteroatoms. The largest absolute Gasteiger partial charge is 0.480 e. The van der Waals surface area contributed by atoms with Gasteiger partial charge < -0.3 is 37.0 Å². The molecule has 0 amide bonds. The van der Waals surface area contributed by atoms with Gasteiger partial charge in [-0.2, -0.15) is 0 Å². The van der Waals surface area contributed by atoms with E-state index in [0.717, 1.165) is 0 Å². The van der Waals surface area contributed by atoms with Crippen LogP contribution in [0.3, 0.4) is 0 Å². The van der Waals surface area contributed by atoms with E-state index in [1.54, 1.807) is 0 Å². The van der Waals surface area contributed by atoms with Gasteiger partial charge >= 0.3 is 17.9 Å². The molecular formula is C9H18N2O8. The number of aliphatic hydroxyl groups is 2. The zero-order chi connectivity index (χ0) is 15.6. The summed E-state index contributed by atoms with van der Waals surface area (Å²) >= 11 is 0. The van der Waals surface area contributed by atoms with Crippen molar-refractivity contribution >= 4 is 17.9 Å². The molecule has 0 fully saturated rings. The topological polar surface area (TPSA) is 204 Å². The number of hydrogen-bond donors (Lipinski definition) is 7. The molecule has 0 saturated carbocycles. The highest BCUT2D eigenvalue weighted by molar-refractivity contribution is 5.83. The summed E-state index contributed by atoms with van der Waals surface area (Å²) in [6, 6.07) is -0.742. The van der Waals surface area contributed by atoms with Crippen LogP contribution in [0.5, 0.6) is 0 Å². The number of carboxylic acid groups (broad SMARTS) is 3. The predicted molar refractivity (Wildman–Crippen MR) is 61.2 cm³/mol. The maximum Gasteiger partial charge on any atom is 0.335 e. The third kappa shape index (κ3) is 9.91. The molecule has 0 saturated heterocycles. The van der Waals surface area contributed by atoms with E-state index < -0.39 is 36.2 Å². The Morgan fingerprint density at radius 3 is 1.47 bits per heavy atom. The molecule has 112 valence electrons. The highest BCUT2D eigenvalue weighted by Gasteiger charge is 2.29. The minimum absolute atomic E-state index is 0.464. The van der Waals surface area contributed by atoms with Crippen LogP contribution in [-0.2, 0) is 14.4 Å². The lowest BCUT2D eigenvalue weighted by Crippen LogP contribution is -2.39. The summed E-state index contributed by atoms with van der Waals surface area (Å²) in [5, 5.41) is 40.8. The van der Waals surface area contributed by atoms with Crippen LogP contribution in [0.25, 0.3) is 0 Å². The van der Waals surface area contributed by atoms with Gasteiger partial charge in [0, 0.05) is 0 Å². The Labute approximate surface area is 108 Å². The second kappa shape index (κ2) is 10.2. The maximum atomic E-state index is 10.0. The Morgan fingerprint density at radius 1 is 0.895 bits per heavy atom. The molecule has 0 aromatic rings. The van der Waals surface area contributed by atoms with Gasteiger partial charge in [-0.3, -0.25) is 4.79 Å². The zero-order valence-electron chi connectivity index (χ0n) is 9.97. The van der Waals surface area contributed by atoms with Crippen LogP contribution in [0.4, 0.5) is 0 Å². The normalized spacial score (nSPS) is 14.5. The van der Waals surface area contributed by atoms with Gasteiger partial charge in [-0.25, -0.2) is 9.59 Å². The minimum Gasteiger partial charge on any atom is -0.480 e. The second-order valence-electron chi connectivity index (χ2n) is 3.44. The van der Waals surface area contributed by atoms with Gasteiger partial charge in [0.05, 0.1) is 0 Å². The Morgan fingerprint density at radius 2 is 1.26 bits per heavy atom. The average Bonchev–Trinajstić information content (AvgIpc) is 2.34. The number of aliphatic carboxylic acids is 3. The molecule has 0 aromatic carbocycles. The average molecular weight is 282 g/mol. The molecule has 0 radical (unpaired) electrons. The number of carbonyl (C=O) groups is 3. The van der Waals surface area contributed by atoms with Crippen molar-refractivity contribution in [1.29, 1.82) is 0 Å². The first-order valence-electron chi connectivity index (χ1n) is 5.15. The van der Waals surface area contributed by atoms with Crippen LogP contribution in [-0.4, -0.2) is 68.2 Å². The number of nitrogens with two attached hydrogens (primary N) is 2. The Kier molecular flexibility index (Phi) is 10.5. The van der Waals surface area contributed by atoms with Crippen molar-refractivity contribution in [3.63, 3.8) is 0 Å². The van der Waals surface area contributed by atoms with Crippen molar-refractivity contribution in [2.75, 3.05) is 6.54 Å². The molecule has 0 aliphatic carbocycles. The van der Waals surface area contributed by atoms with Gasteiger partial charge in [-0.15, -0.1) is 0 Å². The fourth-order valence-electron chi connectivity index (χ4n) is 0.731. The van der Waals surface area contributed by atoms with E-state index in [2.05, 4.69) is 0 Å². The third-order valence-corrected chi connectivity index (χ3v) is 1.84. The molecule has 2 unspecified atom stereocenters. The molecule has 19 heavy (non-hydrogen) atoms. The molecule has 0 heterocycles. The number of carboxylic acids is 3. The molecular weight excluding hydrogens is 264 g/mol. The Balaban J connectivity index is 0. The summed E-state index contributed by atoms with van der Waals surface area (Å²) in [6.07, 6.45) is -3.39. The van der Waals surface area contributed by atoms with E-state index >= 15 is 0 Å². The summed E-state index contributed by atoms with van der Waals surface area (Å²) in [7, 11) is 0. The van der Waals surface area contributed by atoms with Gasteiger partial charge in [0.15, 0.2) is 12.2 Å². The van der Waals surface area contributed by atoms with Gasteiger partial charge in [0.1, 0.15) is 6.04 Å². The highest BCUT2D eigenvalue weighted by atomic mass is 16.4. The van der Waals surface area contributed by atoms with E-state index in [0.29, 0.717) is 19.4 Å². The quantitative estimate of drug-likeness (QED) is 0.252. The molecule has 0 rings (SSSR count). The predicted octanol–water partition coefficient (Wildman–Crippen LogP) is -2.99. The summed E-state index contributed by atoms with van der Waals surface area (Å²) in [5.41, 5.74) is 10.3. The highest BCUT2D eigenvalue weighted by Crippen LogP contribution is 1.92. The molecule has 3 atom stereocenters. The molecule has 10 nitrogen and oxygen atoms in total. The first-order chi connectivity index (χ1) is 8.64. The van der Waals surface area contributed by atoms with Crippen molar-refractivity contribution < 1.29 is 39.9 Å². The molecule has 0 aliphatic rings. The fraction of sp³-hybridized carbons (Fsp3) is 0.667. The van der Waals surface area contributed by atoms with E-state index in [1.807, 2.05) is 0 Å². The lowest BCUT2D eigenvalue weighted by molar-refractivity contribution is -0.165. The Bertz CT molecular complexity index is 291. The van der Waals surface area contributed by atoms with Crippen molar-refractivity contribution in [1.82, 2.24) is 0 Å². The lowest BCUT2D eigenvalue weighted by Gasteiger charge is -2.07. The van der Waals surface area contributed by atoms with Crippen molar-refractivity contribution in [2.45, 2.75) is 31.1 Å². The smallest absolute Gasteiger partial charge is 0.335 e. The number of hydrogen-bond acceptors (Lipinski definition) is 7. The first kappa shape index (κ1) is 19.6. The fourth-order valence-corrected chi connectivity index (χ4v) is 0.731. The van der Waals surface area contributed by atoms with Gasteiger partial charge in [0.2, 0.25) is 0 Å². The van der Waals surface area contributed by atoms with E-state index in [4.69, 9.17) is 37.0 Å². The summed E-state index contributed by atoms with van der Waals surface area (Å²) < 4.78 is 0. The number of rotatable bonds is 7. The van der Waals surface area contributed by atoms with Crippen LogP contribution in [0.1, 0.15) is 12.8 Å². The van der Waals surface area contributed by atoms with E-state index in [9.17, 15) is 14.4 Å². The molecule has 9 N–H and O–H groups in total. The molecule has 0 aliphatic heterocycles. The lowest BCUT2D eigenvalue weighted by atomic mass is 10.2. The van der Waals surface area contributed by atoms with Crippen LogP contribution < -0.4 is 11.5 Å². The van der Waals surface area contributed by atoms with Gasteiger partial charge in [-0.1, -0.05) is 0 Å². The summed E-state index contributed by atoms with van der Waals surface area (Å²) in [4.78, 5) is 29.6. The molecule has 0 spiro atoms. The SMILES string of the molecule is NCCC[C@H](N)C(=O)O.O=C(O)C(O)C(O)C(=O)O. The zero-order valence-corrected chi connectivity index (χ0v) is 9.97. The van der Waals surface area contributed by atoms with Gasteiger partial charge in [0.25, 0.3) is 0 Å². The third-order valence-electron chi connectivity index (χ3n) is 1.84. The van der Waals surface area contributed by atoms with Crippen LogP contribution >= 0.6 is 0 Å². The second-order valence-corrected chi connectivity index (χ2v) is 3.44. The number of aliphatic hydroxyl groups excluding tert-OH is 2. The van der Waals surface area contributed by atoms with Crippen molar-refractivity contribution in [2.24, 2.45) is 11.5 Å². The monoisotopic (exact) mass is 282 g/mol. The first-order valence-corrected chi connectivity index (χ1v) is 5.15. The van der Waals surface area contributed by atoms with Gasteiger partial charge in [-0.05, 0) is 19.4 Å². The summed E-state index contributed by atoms with van der Waals surface area (Å²) in [6.45, 7) is 0.501. The van der Waals surface area contributed by atoms with E-state index in [1.165, 1.54) is 0 Å². The van der Waals surface area contributed by atoms with Crippen LogP contribution in [0, 0.1) is 0 Å². The van der Waals surface area contributed by atoms with Crippen LogP contribution in [0.2, 0.25) is 0 Å². The van der Waals surface area contributed by atoms with Crippen molar-refractivity contribution in [3.8, 4) is 0 Å². The summed E-state index contributed by atoms with van der Waals surface area (Å²) in [5.74, 6) is -4.49. The minimum atomic E-state index is -2.27. The standard InChI is InChI=1S/C5H12N2O2.C4H6O6/c6-3-1-2-4(7)5(8)9;5-1(3(7)8)2(6)4(9)10/h4H,1-3,6-7H2,(H,8,9);1-2,5-6H,(H,7,8)(H,9,10)/t4-;/m0./s1. The maximum absolute atomic E-state index is 10.0. The van der Waals surface area contributed by atoms with Crippen molar-refractivity contribution in [3.05, 3.63) is 0 Å². The Hall–Kier alpha value is -1.75. The van der Waals surface area contributed by atoms with Crippen LogP contribution in [0.15, 0.2) is 0 Å².